The van der Waals surface area contributed by atoms with E-state index in [1.165, 1.54) is 0 Å². The van der Waals surface area contributed by atoms with Gasteiger partial charge in [-0.2, -0.15) is 0 Å². The third-order valence-corrected chi connectivity index (χ3v) is 3.58. The van der Waals surface area contributed by atoms with E-state index in [0.29, 0.717) is 19.5 Å². The van der Waals surface area contributed by atoms with Gasteiger partial charge in [0.2, 0.25) is 0 Å². The average Bonchev–Trinajstić information content (AvgIpc) is 2.33. The normalized spacial score (nSPS) is 11.9. The maximum absolute atomic E-state index is 12.1. The predicted octanol–water partition coefficient (Wildman–Crippen LogP) is 3.11. The van der Waals surface area contributed by atoms with Crippen molar-refractivity contribution < 1.29 is 9.90 Å². The fourth-order valence-electron chi connectivity index (χ4n) is 1.98. The van der Waals surface area contributed by atoms with E-state index in [1.54, 1.807) is 13.8 Å². The summed E-state index contributed by atoms with van der Waals surface area (Å²) in [6.07, 6.45) is 0.465. The number of aliphatic hydroxyl groups is 1. The largest absolute Gasteiger partial charge is 0.389 e. The van der Waals surface area contributed by atoms with Crippen LogP contribution in [-0.2, 0) is 0 Å². The molecule has 0 unspecified atom stereocenters. The van der Waals surface area contributed by atoms with E-state index in [-0.39, 0.29) is 5.78 Å². The number of halogens is 1. The van der Waals surface area contributed by atoms with Crippen molar-refractivity contribution in [2.45, 2.75) is 32.8 Å². The second-order valence-electron chi connectivity index (χ2n) is 5.33. The van der Waals surface area contributed by atoms with Gasteiger partial charge in [-0.25, -0.2) is 0 Å². The Morgan fingerprint density at radius 3 is 2.53 bits per heavy atom. The maximum Gasteiger partial charge on any atom is 0.165 e. The van der Waals surface area contributed by atoms with Crippen LogP contribution in [0.2, 0.25) is 0 Å². The molecule has 0 aliphatic rings. The van der Waals surface area contributed by atoms with Crippen molar-refractivity contribution in [2.75, 3.05) is 19.6 Å². The second-order valence-corrected chi connectivity index (χ2v) is 6.19. The van der Waals surface area contributed by atoms with E-state index in [4.69, 9.17) is 0 Å². The third-order valence-electron chi connectivity index (χ3n) is 2.89. The Bertz CT molecular complexity index is 426. The fraction of sp³-hybridized carbons (Fsp3) is 0.533. The first-order valence-corrected chi connectivity index (χ1v) is 7.35. The molecule has 0 saturated carbocycles. The molecule has 0 fully saturated rings. The van der Waals surface area contributed by atoms with Crippen molar-refractivity contribution >= 4 is 21.7 Å². The standard InChI is InChI=1S/C15H22BrNO2/c1-4-17(11-15(2,3)19)10-9-14(18)12-7-5-6-8-13(12)16/h5-8,19H,4,9-11H2,1-3H3. The summed E-state index contributed by atoms with van der Waals surface area (Å²) in [5.41, 5.74) is -0.00587. The van der Waals surface area contributed by atoms with Crippen molar-refractivity contribution in [1.29, 1.82) is 0 Å². The highest BCUT2D eigenvalue weighted by molar-refractivity contribution is 9.10. The summed E-state index contributed by atoms with van der Waals surface area (Å²) in [6, 6.07) is 7.47. The Morgan fingerprint density at radius 1 is 1.37 bits per heavy atom. The molecule has 4 heteroatoms. The number of benzene rings is 1. The van der Waals surface area contributed by atoms with Gasteiger partial charge in [0.05, 0.1) is 5.60 Å². The van der Waals surface area contributed by atoms with Crippen LogP contribution in [0.15, 0.2) is 28.7 Å². The molecule has 0 amide bonds. The number of Topliss-reactive ketones (excluding diaryl/α,β-unsaturated/α-hetero) is 1. The van der Waals surface area contributed by atoms with Gasteiger partial charge in [-0.1, -0.05) is 41.1 Å². The number of nitrogens with zero attached hydrogens (tertiary/aromatic N) is 1. The van der Waals surface area contributed by atoms with Crippen LogP contribution in [-0.4, -0.2) is 41.0 Å². The lowest BCUT2D eigenvalue weighted by atomic mass is 10.1. The molecule has 0 bridgehead atoms. The summed E-state index contributed by atoms with van der Waals surface area (Å²) in [6.45, 7) is 7.67. The van der Waals surface area contributed by atoms with Gasteiger partial charge in [-0.05, 0) is 26.5 Å². The van der Waals surface area contributed by atoms with E-state index in [2.05, 4.69) is 20.8 Å². The zero-order valence-electron chi connectivity index (χ0n) is 11.8. The molecule has 106 valence electrons. The second kappa shape index (κ2) is 7.17. The van der Waals surface area contributed by atoms with Gasteiger partial charge >= 0.3 is 0 Å². The van der Waals surface area contributed by atoms with Crippen LogP contribution in [0.3, 0.4) is 0 Å². The van der Waals surface area contributed by atoms with Gasteiger partial charge < -0.3 is 10.0 Å². The topological polar surface area (TPSA) is 40.5 Å². The SMILES string of the molecule is CCN(CCC(=O)c1ccccc1Br)CC(C)(C)O. The third kappa shape index (κ3) is 5.85. The molecular formula is C15H22BrNO2. The highest BCUT2D eigenvalue weighted by Gasteiger charge is 2.18. The van der Waals surface area contributed by atoms with Crippen molar-refractivity contribution in [3.8, 4) is 0 Å². The lowest BCUT2D eigenvalue weighted by molar-refractivity contribution is 0.0371. The van der Waals surface area contributed by atoms with Crippen LogP contribution < -0.4 is 0 Å². The summed E-state index contributed by atoms with van der Waals surface area (Å²) in [7, 11) is 0. The summed E-state index contributed by atoms with van der Waals surface area (Å²) in [5, 5.41) is 9.81. The Morgan fingerprint density at radius 2 is 2.00 bits per heavy atom. The maximum atomic E-state index is 12.1. The molecule has 0 aliphatic carbocycles. The van der Waals surface area contributed by atoms with Gasteiger partial charge in [0, 0.05) is 29.5 Å². The molecule has 1 aromatic rings. The molecule has 19 heavy (non-hydrogen) atoms. The molecular weight excluding hydrogens is 306 g/mol. The number of rotatable bonds is 7. The van der Waals surface area contributed by atoms with Crippen molar-refractivity contribution in [2.24, 2.45) is 0 Å². The highest BCUT2D eigenvalue weighted by Crippen LogP contribution is 2.17. The molecule has 3 nitrogen and oxygen atoms in total. The van der Waals surface area contributed by atoms with Crippen LogP contribution in [0.4, 0.5) is 0 Å². The van der Waals surface area contributed by atoms with Crippen molar-refractivity contribution in [1.82, 2.24) is 4.90 Å². The van der Waals surface area contributed by atoms with Gasteiger partial charge in [-0.3, -0.25) is 4.79 Å². The van der Waals surface area contributed by atoms with Crippen LogP contribution in [0.5, 0.6) is 0 Å². The summed E-state index contributed by atoms with van der Waals surface area (Å²) >= 11 is 3.40. The first kappa shape index (κ1) is 16.3. The summed E-state index contributed by atoms with van der Waals surface area (Å²) in [5.74, 6) is 0.127. The first-order chi connectivity index (χ1) is 8.83. The Hall–Kier alpha value is -0.710. The lowest BCUT2D eigenvalue weighted by Gasteiger charge is -2.27. The molecule has 0 radical (unpaired) electrons. The zero-order valence-corrected chi connectivity index (χ0v) is 13.4. The van der Waals surface area contributed by atoms with Gasteiger partial charge in [0.1, 0.15) is 0 Å². The first-order valence-electron chi connectivity index (χ1n) is 6.56. The van der Waals surface area contributed by atoms with Gasteiger partial charge in [-0.15, -0.1) is 0 Å². The molecule has 0 aromatic heterocycles. The number of hydrogen-bond acceptors (Lipinski definition) is 3. The van der Waals surface area contributed by atoms with Crippen LogP contribution in [0, 0.1) is 0 Å². The van der Waals surface area contributed by atoms with Crippen LogP contribution in [0.25, 0.3) is 0 Å². The number of likely N-dealkylation sites (N-methyl/N-ethyl adjacent to an activating group) is 1. The van der Waals surface area contributed by atoms with Gasteiger partial charge in [0.25, 0.3) is 0 Å². The monoisotopic (exact) mass is 327 g/mol. The zero-order chi connectivity index (χ0) is 14.5. The Labute approximate surface area is 123 Å². The van der Waals surface area contributed by atoms with Gasteiger partial charge in [0.15, 0.2) is 5.78 Å². The van der Waals surface area contributed by atoms with E-state index in [1.807, 2.05) is 31.2 Å². The lowest BCUT2D eigenvalue weighted by Crippen LogP contribution is -2.39. The van der Waals surface area contributed by atoms with E-state index in [0.717, 1.165) is 16.6 Å². The fourth-order valence-corrected chi connectivity index (χ4v) is 2.48. The number of ketones is 1. The predicted molar refractivity (Wildman–Crippen MR) is 81.5 cm³/mol. The molecule has 0 heterocycles. The number of carbonyl (C=O) groups excluding carboxylic acids is 1. The molecule has 0 spiro atoms. The summed E-state index contributed by atoms with van der Waals surface area (Å²) < 4.78 is 0.838. The van der Waals surface area contributed by atoms with E-state index < -0.39 is 5.60 Å². The molecule has 1 N–H and O–H groups in total. The quantitative estimate of drug-likeness (QED) is 0.782. The Balaban J connectivity index is 2.56. The minimum absolute atomic E-state index is 0.127. The molecule has 0 atom stereocenters. The average molecular weight is 328 g/mol. The molecule has 0 saturated heterocycles. The minimum Gasteiger partial charge on any atom is -0.389 e. The highest BCUT2D eigenvalue weighted by atomic mass is 79.9. The summed E-state index contributed by atoms with van der Waals surface area (Å²) in [4.78, 5) is 14.2. The molecule has 0 aliphatic heterocycles. The number of hydrogen-bond donors (Lipinski definition) is 1. The minimum atomic E-state index is -0.730. The Kier molecular flexibility index (Phi) is 6.17. The molecule has 1 aromatic carbocycles. The van der Waals surface area contributed by atoms with E-state index in [9.17, 15) is 9.90 Å². The smallest absolute Gasteiger partial charge is 0.165 e. The van der Waals surface area contributed by atoms with Crippen LogP contribution in [0.1, 0.15) is 37.6 Å². The molecule has 1 rings (SSSR count). The van der Waals surface area contributed by atoms with Crippen LogP contribution >= 0.6 is 15.9 Å². The van der Waals surface area contributed by atoms with E-state index >= 15 is 0 Å². The van der Waals surface area contributed by atoms with Crippen molar-refractivity contribution in [3.05, 3.63) is 34.3 Å². The number of carbonyl (C=O) groups is 1. The van der Waals surface area contributed by atoms with Crippen molar-refractivity contribution in [3.63, 3.8) is 0 Å².